The van der Waals surface area contributed by atoms with Crippen molar-refractivity contribution in [3.05, 3.63) is 33.1 Å². The van der Waals surface area contributed by atoms with Crippen molar-refractivity contribution in [1.29, 1.82) is 0 Å². The van der Waals surface area contributed by atoms with Crippen molar-refractivity contribution >= 4 is 142 Å². The summed E-state index contributed by atoms with van der Waals surface area (Å²) in [7, 11) is -16.8. The van der Waals surface area contributed by atoms with Crippen LogP contribution in [0.4, 0.5) is 0 Å². The molecule has 6 atom stereocenters. The first kappa shape index (κ1) is 40.5. The van der Waals surface area contributed by atoms with E-state index in [4.69, 9.17) is 19.4 Å². The molecule has 1 aliphatic rings. The van der Waals surface area contributed by atoms with Crippen LogP contribution in [0.1, 0.15) is 6.23 Å². The maximum atomic E-state index is 11.7. The van der Waals surface area contributed by atoms with E-state index in [0.717, 1.165) is 12.3 Å². The molecule has 0 saturated carbocycles. The molecule has 0 bridgehead atoms. The maximum absolute atomic E-state index is 11.7. The summed E-state index contributed by atoms with van der Waals surface area (Å²) in [6, 6.07) is 0.920. The average Bonchev–Trinajstić information content (AvgIpc) is 2.78. The van der Waals surface area contributed by atoms with E-state index in [1.807, 2.05) is 4.98 Å². The Hall–Kier alpha value is 2.97. The second-order valence-electron chi connectivity index (χ2n) is 5.45. The Morgan fingerprint density at radius 2 is 1.48 bits per heavy atom. The van der Waals surface area contributed by atoms with Crippen LogP contribution in [0.2, 0.25) is 0 Å². The average molecular weight is 576 g/mol. The summed E-state index contributed by atoms with van der Waals surface area (Å²) in [6.45, 7) is -1.05. The van der Waals surface area contributed by atoms with Crippen LogP contribution in [0.3, 0.4) is 0 Å². The second kappa shape index (κ2) is 16.2. The number of rotatable bonds is 8. The second-order valence-corrected chi connectivity index (χ2v) is 9.87. The minimum atomic E-state index is -5.73. The van der Waals surface area contributed by atoms with Crippen molar-refractivity contribution in [3.63, 3.8) is 0 Å². The fraction of sp³-hybridized carbons (Fsp3) is 0.556. The molecule has 170 valence electrons. The molecule has 1 aromatic rings. The topological polar surface area (TPSA) is 264 Å². The van der Waals surface area contributed by atoms with E-state index < -0.39 is 65.9 Å². The number of aromatic nitrogens is 2. The Balaban J connectivity index is -0.00000225. The van der Waals surface area contributed by atoms with E-state index in [0.29, 0.717) is 4.57 Å². The fourth-order valence-corrected chi connectivity index (χ4v) is 5.23. The van der Waals surface area contributed by atoms with Gasteiger partial charge in [0.15, 0.2) is 6.23 Å². The van der Waals surface area contributed by atoms with Crippen LogP contribution in [-0.4, -0.2) is 182 Å². The molecule has 1 aliphatic heterocycles. The number of H-pyrrole nitrogens is 1. The molecule has 4 radical (unpaired) electrons. The quantitative estimate of drug-likeness (QED) is 0.115. The van der Waals surface area contributed by atoms with Crippen LogP contribution in [0.15, 0.2) is 21.9 Å². The SMILES string of the molecule is O=c1ccn([C@@H]2O[C@H](COP(=O)(O)OP(=O)(O)OP(=O)(O)O)[C@@H](O)[C@H]2O)c(=O)[nH]1.[Na].[Na].[Na].[Na]. The number of aromatic amines is 1. The van der Waals surface area contributed by atoms with Crippen LogP contribution in [0.5, 0.6) is 0 Å². The van der Waals surface area contributed by atoms with Crippen LogP contribution < -0.4 is 11.2 Å². The molecule has 24 heteroatoms. The van der Waals surface area contributed by atoms with Gasteiger partial charge in [-0.2, -0.15) is 8.62 Å². The molecule has 1 fully saturated rings. The van der Waals surface area contributed by atoms with Gasteiger partial charge in [0.05, 0.1) is 6.61 Å². The zero-order valence-corrected chi connectivity index (χ0v) is 28.5. The van der Waals surface area contributed by atoms with Gasteiger partial charge in [-0.05, 0) is 0 Å². The summed E-state index contributed by atoms with van der Waals surface area (Å²) >= 11 is 0. The summed E-state index contributed by atoms with van der Waals surface area (Å²) in [5, 5.41) is 19.9. The predicted octanol–water partition coefficient (Wildman–Crippen LogP) is -4.02. The van der Waals surface area contributed by atoms with Gasteiger partial charge in [-0.1, -0.05) is 0 Å². The van der Waals surface area contributed by atoms with Gasteiger partial charge >= 0.3 is 29.2 Å². The van der Waals surface area contributed by atoms with Gasteiger partial charge in [-0.15, -0.1) is 0 Å². The van der Waals surface area contributed by atoms with Gasteiger partial charge in [0, 0.05) is 130 Å². The third-order valence-corrected chi connectivity index (χ3v) is 7.08. The van der Waals surface area contributed by atoms with E-state index in [1.54, 1.807) is 0 Å². The zero-order valence-electron chi connectivity index (χ0n) is 17.8. The molecule has 0 amide bonds. The minimum absolute atomic E-state index is 0. The molecule has 17 nitrogen and oxygen atoms in total. The fourth-order valence-electron chi connectivity index (χ4n) is 2.20. The van der Waals surface area contributed by atoms with E-state index in [1.165, 1.54) is 0 Å². The van der Waals surface area contributed by atoms with Crippen LogP contribution in [-0.2, 0) is 31.6 Å². The molecule has 2 unspecified atom stereocenters. The van der Waals surface area contributed by atoms with Crippen molar-refractivity contribution in [2.24, 2.45) is 0 Å². The molecule has 33 heavy (non-hydrogen) atoms. The first-order chi connectivity index (χ1) is 13.1. The number of ether oxygens (including phenoxy) is 1. The number of aliphatic hydroxyl groups excluding tert-OH is 2. The van der Waals surface area contributed by atoms with Gasteiger partial charge in [0.2, 0.25) is 0 Å². The Morgan fingerprint density at radius 1 is 0.939 bits per heavy atom. The zero-order chi connectivity index (χ0) is 22.2. The first-order valence-corrected chi connectivity index (χ1v) is 11.7. The van der Waals surface area contributed by atoms with Crippen molar-refractivity contribution < 1.29 is 61.4 Å². The predicted molar refractivity (Wildman–Crippen MR) is 110 cm³/mol. The van der Waals surface area contributed by atoms with Crippen LogP contribution >= 0.6 is 23.5 Å². The summed E-state index contributed by atoms with van der Waals surface area (Å²) in [6.07, 6.45) is -5.70. The van der Waals surface area contributed by atoms with E-state index >= 15 is 0 Å². The maximum Gasteiger partial charge on any atom is 0.490 e. The van der Waals surface area contributed by atoms with Crippen molar-refractivity contribution in [2.75, 3.05) is 6.61 Å². The van der Waals surface area contributed by atoms with Gasteiger partial charge in [0.25, 0.3) is 5.56 Å². The molecule has 0 aliphatic carbocycles. The molecule has 0 aromatic carbocycles. The molecular weight excluding hydrogens is 561 g/mol. The molecule has 2 rings (SSSR count). The van der Waals surface area contributed by atoms with E-state index in [9.17, 15) is 38.4 Å². The number of phosphoric ester groups is 1. The van der Waals surface area contributed by atoms with Gasteiger partial charge in [-0.3, -0.25) is 18.9 Å². The van der Waals surface area contributed by atoms with Gasteiger partial charge < -0.3 is 34.5 Å². The Morgan fingerprint density at radius 3 is 1.97 bits per heavy atom. The monoisotopic (exact) mass is 576 g/mol. The number of aliphatic hydroxyl groups is 2. The third kappa shape index (κ3) is 13.1. The Kier molecular flexibility index (Phi) is 19.8. The van der Waals surface area contributed by atoms with Crippen molar-refractivity contribution in [1.82, 2.24) is 9.55 Å². The van der Waals surface area contributed by atoms with E-state index in [-0.39, 0.29) is 118 Å². The summed E-state index contributed by atoms with van der Waals surface area (Å²) in [5.74, 6) is 0. The van der Waals surface area contributed by atoms with Gasteiger partial charge in [-0.25, -0.2) is 18.5 Å². The molecular formula is C9H15N2Na4O15P3. The normalized spacial score (nSPS) is 25.8. The standard InChI is InChI=1S/C9H15N2O15P3.4Na/c12-5-1-2-11(9(15)10-5)8-7(14)6(13)4(24-8)3-23-28(19,20)26-29(21,22)25-27(16,17)18;;;;/h1-2,4,6-8,13-14H,3H2,(H,19,20)(H,21,22)(H,10,12,15)(H2,16,17,18);;;;/t4-,6-,7-,8-;;;;/m1..../s1. The van der Waals surface area contributed by atoms with Crippen LogP contribution in [0.25, 0.3) is 0 Å². The molecule has 1 aromatic heterocycles. The smallest absolute Gasteiger partial charge is 0.387 e. The largest absolute Gasteiger partial charge is 0.490 e. The summed E-state index contributed by atoms with van der Waals surface area (Å²) in [4.78, 5) is 59.9. The summed E-state index contributed by atoms with van der Waals surface area (Å²) < 4.78 is 50.6. The number of nitrogens with zero attached hydrogens (tertiary/aromatic N) is 1. The number of hydrogen-bond acceptors (Lipinski definition) is 11. The Labute approximate surface area is 273 Å². The van der Waals surface area contributed by atoms with E-state index in [2.05, 4.69) is 13.1 Å². The molecule has 7 N–H and O–H groups in total. The van der Waals surface area contributed by atoms with Crippen molar-refractivity contribution in [3.8, 4) is 0 Å². The van der Waals surface area contributed by atoms with Gasteiger partial charge in [0.1, 0.15) is 18.3 Å². The number of nitrogens with one attached hydrogen (secondary N) is 1. The number of hydrogen-bond donors (Lipinski definition) is 7. The third-order valence-electron chi connectivity index (χ3n) is 3.28. The number of phosphoric acid groups is 3. The first-order valence-electron chi connectivity index (χ1n) is 7.22. The summed E-state index contributed by atoms with van der Waals surface area (Å²) in [5.41, 5.74) is -1.74. The minimum Gasteiger partial charge on any atom is -0.387 e. The van der Waals surface area contributed by atoms with Crippen molar-refractivity contribution in [2.45, 2.75) is 24.5 Å². The molecule has 0 spiro atoms. The van der Waals surface area contributed by atoms with Crippen LogP contribution in [0, 0.1) is 0 Å². The Bertz CT molecular complexity index is 1010. The molecule has 1 saturated heterocycles. The molecule has 2 heterocycles.